The number of hydrogen-bond acceptors (Lipinski definition) is 5. The van der Waals surface area contributed by atoms with Crippen molar-refractivity contribution in [2.45, 2.75) is 26.2 Å². The van der Waals surface area contributed by atoms with E-state index in [1.807, 2.05) is 25.3 Å². The van der Waals surface area contributed by atoms with E-state index < -0.39 is 0 Å². The van der Waals surface area contributed by atoms with E-state index in [1.54, 1.807) is 12.4 Å². The van der Waals surface area contributed by atoms with Crippen LogP contribution in [-0.2, 0) is 6.42 Å². The molecule has 0 saturated carbocycles. The molecular weight excluding hydrogens is 382 g/mol. The van der Waals surface area contributed by atoms with Crippen LogP contribution in [0.25, 0.3) is 5.70 Å². The van der Waals surface area contributed by atoms with E-state index in [1.165, 1.54) is 5.56 Å². The van der Waals surface area contributed by atoms with Gasteiger partial charge in [-0.25, -0.2) is 4.99 Å². The van der Waals surface area contributed by atoms with E-state index in [9.17, 15) is 0 Å². The molecule has 0 radical (unpaired) electrons. The van der Waals surface area contributed by atoms with Gasteiger partial charge in [-0.3, -0.25) is 4.98 Å². The first-order chi connectivity index (χ1) is 15.1. The summed E-state index contributed by atoms with van der Waals surface area (Å²) in [7, 11) is 2.04. The number of rotatable bonds is 5. The predicted molar refractivity (Wildman–Crippen MR) is 129 cm³/mol. The SMILES string of the molecule is C=C(Nc1ccccc1CC)C1CCCN(C2=NC(c3ccncc3)=CC(=C)N2C)C1. The van der Waals surface area contributed by atoms with Crippen LogP contribution in [0.15, 0.2) is 84.4 Å². The Labute approximate surface area is 185 Å². The van der Waals surface area contributed by atoms with Crippen molar-refractivity contribution in [3.05, 3.63) is 90.5 Å². The van der Waals surface area contributed by atoms with E-state index in [0.29, 0.717) is 5.92 Å². The van der Waals surface area contributed by atoms with Crippen LogP contribution in [-0.4, -0.2) is 40.9 Å². The van der Waals surface area contributed by atoms with E-state index in [4.69, 9.17) is 4.99 Å². The quantitative estimate of drug-likeness (QED) is 0.737. The fraction of sp³-hybridized carbons (Fsp3) is 0.308. The van der Waals surface area contributed by atoms with Gasteiger partial charge in [0, 0.05) is 61.1 Å². The predicted octanol–water partition coefficient (Wildman–Crippen LogP) is 5.14. The number of nitrogens with one attached hydrogen (secondary N) is 1. The Balaban J connectivity index is 1.52. The highest BCUT2D eigenvalue weighted by Crippen LogP contribution is 2.29. The number of aryl methyl sites for hydroxylation is 1. The van der Waals surface area contributed by atoms with Crippen molar-refractivity contribution in [1.82, 2.24) is 14.8 Å². The van der Waals surface area contributed by atoms with Crippen molar-refractivity contribution in [2.24, 2.45) is 10.9 Å². The van der Waals surface area contributed by atoms with Crippen LogP contribution < -0.4 is 5.32 Å². The molecule has 2 aromatic rings. The number of nitrogens with zero attached hydrogens (tertiary/aromatic N) is 4. The molecule has 0 bridgehead atoms. The summed E-state index contributed by atoms with van der Waals surface area (Å²) in [6, 6.07) is 12.5. The van der Waals surface area contributed by atoms with Crippen LogP contribution in [0.3, 0.4) is 0 Å². The minimum absolute atomic E-state index is 0.360. The summed E-state index contributed by atoms with van der Waals surface area (Å²) in [5, 5.41) is 3.60. The molecule has 1 fully saturated rings. The zero-order valence-electron chi connectivity index (χ0n) is 18.5. The molecule has 1 atom stereocenters. The maximum absolute atomic E-state index is 5.00. The lowest BCUT2D eigenvalue weighted by atomic mass is 9.94. The number of guanidine groups is 1. The van der Waals surface area contributed by atoms with Crippen LogP contribution in [0.5, 0.6) is 0 Å². The zero-order chi connectivity index (χ0) is 21.8. The summed E-state index contributed by atoms with van der Waals surface area (Å²) in [6.45, 7) is 12.7. The van der Waals surface area contributed by atoms with Gasteiger partial charge in [0.05, 0.1) is 5.70 Å². The Morgan fingerprint density at radius 2 is 1.97 bits per heavy atom. The van der Waals surface area contributed by atoms with Gasteiger partial charge in [-0.2, -0.15) is 0 Å². The van der Waals surface area contributed by atoms with Gasteiger partial charge in [0.25, 0.3) is 0 Å². The lowest BCUT2D eigenvalue weighted by Crippen LogP contribution is -2.48. The van der Waals surface area contributed by atoms with Gasteiger partial charge in [-0.05, 0) is 49.1 Å². The number of anilines is 1. The molecule has 2 aliphatic rings. The first kappa shape index (κ1) is 20.9. The van der Waals surface area contributed by atoms with Crippen molar-refractivity contribution >= 4 is 17.3 Å². The fourth-order valence-electron chi connectivity index (χ4n) is 4.22. The van der Waals surface area contributed by atoms with Crippen molar-refractivity contribution in [2.75, 3.05) is 25.5 Å². The summed E-state index contributed by atoms with van der Waals surface area (Å²) >= 11 is 0. The van der Waals surface area contributed by atoms with Crippen LogP contribution in [0.4, 0.5) is 5.69 Å². The third-order valence-corrected chi connectivity index (χ3v) is 6.12. The molecule has 160 valence electrons. The number of allylic oxidation sites excluding steroid dienone is 1. The molecule has 0 aliphatic carbocycles. The molecule has 0 spiro atoms. The van der Waals surface area contributed by atoms with E-state index in [0.717, 1.165) is 66.7 Å². The van der Waals surface area contributed by atoms with E-state index >= 15 is 0 Å². The number of aliphatic imine (C=N–C) groups is 1. The topological polar surface area (TPSA) is 43.8 Å². The Kier molecular flexibility index (Phi) is 6.21. The van der Waals surface area contributed by atoms with Crippen molar-refractivity contribution in [1.29, 1.82) is 0 Å². The van der Waals surface area contributed by atoms with Crippen LogP contribution in [0.1, 0.15) is 30.9 Å². The van der Waals surface area contributed by atoms with Crippen LogP contribution in [0, 0.1) is 5.92 Å². The maximum atomic E-state index is 5.00. The molecule has 1 N–H and O–H groups in total. The lowest BCUT2D eigenvalue weighted by molar-refractivity contribution is 0.264. The number of hydrogen-bond donors (Lipinski definition) is 1. The van der Waals surface area contributed by atoms with Crippen molar-refractivity contribution in [3.63, 3.8) is 0 Å². The van der Waals surface area contributed by atoms with Crippen molar-refractivity contribution in [3.8, 4) is 0 Å². The largest absolute Gasteiger partial charge is 0.359 e. The molecule has 0 amide bonds. The minimum atomic E-state index is 0.360. The van der Waals surface area contributed by atoms with Crippen molar-refractivity contribution < 1.29 is 0 Å². The standard InChI is InChI=1S/C26H31N5/c1-5-21-9-6-7-11-24(21)28-20(3)23-10-8-16-31(18-23)26-29-25(17-19(2)30(26)4)22-12-14-27-15-13-22/h6-7,9,11-15,17,23,28H,2-3,5,8,10,16,18H2,1,4H3. The second-order valence-corrected chi connectivity index (χ2v) is 8.17. The Hall–Kier alpha value is -3.34. The summed E-state index contributed by atoms with van der Waals surface area (Å²) in [6.07, 6.45) is 8.86. The molecular formula is C26H31N5. The van der Waals surface area contributed by atoms with Gasteiger partial charge in [-0.1, -0.05) is 38.3 Å². The second kappa shape index (κ2) is 9.21. The number of pyridine rings is 1. The lowest BCUT2D eigenvalue weighted by Gasteiger charge is -2.40. The fourth-order valence-corrected chi connectivity index (χ4v) is 4.22. The summed E-state index contributed by atoms with van der Waals surface area (Å²) in [5.74, 6) is 1.31. The summed E-state index contributed by atoms with van der Waals surface area (Å²) in [5.41, 5.74) is 6.47. The van der Waals surface area contributed by atoms with Gasteiger partial charge in [0.1, 0.15) is 0 Å². The number of para-hydroxylation sites is 1. The average Bonchev–Trinajstić information content (AvgIpc) is 2.81. The van der Waals surface area contributed by atoms with Gasteiger partial charge in [0.2, 0.25) is 5.96 Å². The molecule has 5 nitrogen and oxygen atoms in total. The molecule has 1 aromatic heterocycles. The van der Waals surface area contributed by atoms with E-state index in [2.05, 4.69) is 64.4 Å². The van der Waals surface area contributed by atoms with Gasteiger partial charge in [0.15, 0.2) is 0 Å². The molecule has 3 heterocycles. The van der Waals surface area contributed by atoms with Gasteiger partial charge < -0.3 is 15.1 Å². The zero-order valence-corrected chi connectivity index (χ0v) is 18.5. The summed E-state index contributed by atoms with van der Waals surface area (Å²) < 4.78 is 0. The third kappa shape index (κ3) is 4.55. The monoisotopic (exact) mass is 413 g/mol. The molecule has 31 heavy (non-hydrogen) atoms. The Bertz CT molecular complexity index is 1020. The molecule has 4 rings (SSSR count). The second-order valence-electron chi connectivity index (χ2n) is 8.17. The first-order valence-corrected chi connectivity index (χ1v) is 11.0. The number of piperidine rings is 1. The molecule has 1 aromatic carbocycles. The Morgan fingerprint density at radius 3 is 2.74 bits per heavy atom. The van der Waals surface area contributed by atoms with Gasteiger partial charge >= 0.3 is 0 Å². The highest BCUT2D eigenvalue weighted by atomic mass is 15.4. The number of likely N-dealkylation sites (tertiary alicyclic amines) is 1. The molecule has 1 unspecified atom stereocenters. The highest BCUT2D eigenvalue weighted by Gasteiger charge is 2.28. The molecule has 5 heteroatoms. The Morgan fingerprint density at radius 1 is 1.19 bits per heavy atom. The normalized spacial score (nSPS) is 19.0. The first-order valence-electron chi connectivity index (χ1n) is 11.0. The molecule has 2 aliphatic heterocycles. The number of aromatic nitrogens is 1. The number of benzene rings is 1. The van der Waals surface area contributed by atoms with Crippen LogP contribution >= 0.6 is 0 Å². The van der Waals surface area contributed by atoms with Gasteiger partial charge in [-0.15, -0.1) is 0 Å². The maximum Gasteiger partial charge on any atom is 0.206 e. The van der Waals surface area contributed by atoms with E-state index in [-0.39, 0.29) is 0 Å². The third-order valence-electron chi connectivity index (χ3n) is 6.12. The highest BCUT2D eigenvalue weighted by molar-refractivity contribution is 5.91. The summed E-state index contributed by atoms with van der Waals surface area (Å²) in [4.78, 5) is 13.6. The smallest absolute Gasteiger partial charge is 0.206 e. The number of likely N-dealkylation sites (N-methyl/N-ethyl adjacent to an activating group) is 1. The molecule has 1 saturated heterocycles. The van der Waals surface area contributed by atoms with Crippen LogP contribution in [0.2, 0.25) is 0 Å². The minimum Gasteiger partial charge on any atom is -0.359 e. The average molecular weight is 414 g/mol.